The van der Waals surface area contributed by atoms with Gasteiger partial charge >= 0.3 is 0 Å². The molecule has 0 aromatic rings. The molecular formula is C15H31N3. The Morgan fingerprint density at radius 2 is 2.00 bits per heavy atom. The van der Waals surface area contributed by atoms with E-state index in [2.05, 4.69) is 22.0 Å². The standard InChI is InChI=1S/C15H31N3/c1-2-17(14-15-7-6-8-16-13-15)11-12-18-9-4-3-5-10-18/h15-16H,2-14H2,1H3. The Labute approximate surface area is 113 Å². The largest absolute Gasteiger partial charge is 0.316 e. The average Bonchev–Trinajstić information content (AvgIpc) is 2.45. The monoisotopic (exact) mass is 253 g/mol. The van der Waals surface area contributed by atoms with Gasteiger partial charge in [-0.15, -0.1) is 0 Å². The zero-order valence-corrected chi connectivity index (χ0v) is 12.2. The Balaban J connectivity index is 1.64. The molecule has 1 N–H and O–H groups in total. The van der Waals surface area contributed by atoms with Gasteiger partial charge in [-0.2, -0.15) is 0 Å². The Kier molecular flexibility index (Phi) is 6.46. The predicted octanol–water partition coefficient (Wildman–Crippen LogP) is 1.79. The van der Waals surface area contributed by atoms with Crippen LogP contribution in [0.15, 0.2) is 0 Å². The van der Waals surface area contributed by atoms with Crippen molar-refractivity contribution in [3.05, 3.63) is 0 Å². The van der Waals surface area contributed by atoms with Crippen LogP contribution in [0.3, 0.4) is 0 Å². The molecule has 2 rings (SSSR count). The molecule has 1 unspecified atom stereocenters. The lowest BCUT2D eigenvalue weighted by atomic mass is 9.99. The molecular weight excluding hydrogens is 222 g/mol. The SMILES string of the molecule is CCN(CCN1CCCCC1)CC1CCCNC1. The van der Waals surface area contributed by atoms with Gasteiger partial charge in [0.1, 0.15) is 0 Å². The van der Waals surface area contributed by atoms with E-state index in [1.807, 2.05) is 0 Å². The zero-order valence-electron chi connectivity index (χ0n) is 12.2. The fourth-order valence-electron chi connectivity index (χ4n) is 3.29. The number of nitrogens with zero attached hydrogens (tertiary/aromatic N) is 2. The van der Waals surface area contributed by atoms with Gasteiger partial charge in [-0.05, 0) is 64.3 Å². The molecule has 2 fully saturated rings. The molecule has 0 aliphatic carbocycles. The number of piperidine rings is 2. The van der Waals surface area contributed by atoms with Crippen LogP contribution in [0.25, 0.3) is 0 Å². The molecule has 18 heavy (non-hydrogen) atoms. The topological polar surface area (TPSA) is 18.5 Å². The van der Waals surface area contributed by atoms with E-state index in [4.69, 9.17) is 0 Å². The highest BCUT2D eigenvalue weighted by Crippen LogP contribution is 2.12. The van der Waals surface area contributed by atoms with Crippen molar-refractivity contribution in [1.29, 1.82) is 0 Å². The molecule has 0 radical (unpaired) electrons. The first-order valence-corrected chi connectivity index (χ1v) is 8.04. The van der Waals surface area contributed by atoms with Gasteiger partial charge in [-0.1, -0.05) is 13.3 Å². The molecule has 0 bridgehead atoms. The van der Waals surface area contributed by atoms with Gasteiger partial charge < -0.3 is 15.1 Å². The van der Waals surface area contributed by atoms with Crippen LogP contribution in [0.4, 0.5) is 0 Å². The highest BCUT2D eigenvalue weighted by molar-refractivity contribution is 4.74. The van der Waals surface area contributed by atoms with Gasteiger partial charge in [0, 0.05) is 19.6 Å². The average molecular weight is 253 g/mol. The Morgan fingerprint density at radius 3 is 2.67 bits per heavy atom. The summed E-state index contributed by atoms with van der Waals surface area (Å²) in [6.07, 6.45) is 7.07. The van der Waals surface area contributed by atoms with E-state index < -0.39 is 0 Å². The maximum atomic E-state index is 3.53. The molecule has 0 saturated carbocycles. The fraction of sp³-hybridized carbons (Fsp3) is 1.00. The van der Waals surface area contributed by atoms with Crippen LogP contribution in [0.5, 0.6) is 0 Å². The van der Waals surface area contributed by atoms with Crippen LogP contribution in [0, 0.1) is 5.92 Å². The van der Waals surface area contributed by atoms with E-state index in [0.29, 0.717) is 0 Å². The van der Waals surface area contributed by atoms with Crippen LogP contribution in [0.2, 0.25) is 0 Å². The summed E-state index contributed by atoms with van der Waals surface area (Å²) >= 11 is 0. The third-order valence-corrected chi connectivity index (χ3v) is 4.54. The second-order valence-electron chi connectivity index (χ2n) is 6.01. The van der Waals surface area contributed by atoms with Crippen molar-refractivity contribution >= 4 is 0 Å². The third kappa shape index (κ3) is 4.87. The van der Waals surface area contributed by atoms with E-state index in [-0.39, 0.29) is 0 Å². The van der Waals surface area contributed by atoms with E-state index in [0.717, 1.165) is 5.92 Å². The van der Waals surface area contributed by atoms with Gasteiger partial charge in [-0.3, -0.25) is 0 Å². The second kappa shape index (κ2) is 8.13. The second-order valence-corrected chi connectivity index (χ2v) is 6.01. The van der Waals surface area contributed by atoms with Gasteiger partial charge in [0.2, 0.25) is 0 Å². The van der Waals surface area contributed by atoms with Crippen molar-refractivity contribution in [3.8, 4) is 0 Å². The Hall–Kier alpha value is -0.120. The summed E-state index contributed by atoms with van der Waals surface area (Å²) in [5.74, 6) is 0.889. The minimum atomic E-state index is 0.889. The normalized spacial score (nSPS) is 26.7. The summed E-state index contributed by atoms with van der Waals surface area (Å²) in [5.41, 5.74) is 0. The third-order valence-electron chi connectivity index (χ3n) is 4.54. The number of nitrogens with one attached hydrogen (secondary N) is 1. The van der Waals surface area contributed by atoms with E-state index in [9.17, 15) is 0 Å². The maximum Gasteiger partial charge on any atom is 0.0109 e. The highest BCUT2D eigenvalue weighted by Gasteiger charge is 2.17. The molecule has 0 amide bonds. The summed E-state index contributed by atoms with van der Waals surface area (Å²) in [5, 5.41) is 3.53. The summed E-state index contributed by atoms with van der Waals surface area (Å²) < 4.78 is 0. The molecule has 0 aromatic carbocycles. The summed E-state index contributed by atoms with van der Waals surface area (Å²) in [4.78, 5) is 5.32. The van der Waals surface area contributed by atoms with Gasteiger partial charge in [0.25, 0.3) is 0 Å². The summed E-state index contributed by atoms with van der Waals surface area (Å²) in [6.45, 7) is 12.5. The number of rotatable bonds is 6. The lowest BCUT2D eigenvalue weighted by Crippen LogP contribution is -2.42. The van der Waals surface area contributed by atoms with Crippen molar-refractivity contribution < 1.29 is 0 Å². The van der Waals surface area contributed by atoms with Crippen molar-refractivity contribution in [2.24, 2.45) is 5.92 Å². The molecule has 106 valence electrons. The first-order chi connectivity index (χ1) is 8.88. The Bertz CT molecular complexity index is 208. The number of likely N-dealkylation sites (N-methyl/N-ethyl adjacent to an activating group) is 1. The van der Waals surface area contributed by atoms with E-state index >= 15 is 0 Å². The molecule has 2 aliphatic rings. The summed E-state index contributed by atoms with van der Waals surface area (Å²) in [7, 11) is 0. The van der Waals surface area contributed by atoms with Gasteiger partial charge in [-0.25, -0.2) is 0 Å². The number of hydrogen-bond acceptors (Lipinski definition) is 3. The molecule has 0 aromatic heterocycles. The summed E-state index contributed by atoms with van der Waals surface area (Å²) in [6, 6.07) is 0. The van der Waals surface area contributed by atoms with Crippen LogP contribution in [0.1, 0.15) is 39.0 Å². The van der Waals surface area contributed by atoms with Crippen LogP contribution in [-0.2, 0) is 0 Å². The smallest absolute Gasteiger partial charge is 0.0109 e. The molecule has 2 saturated heterocycles. The molecule has 2 heterocycles. The van der Waals surface area contributed by atoms with Crippen molar-refractivity contribution in [1.82, 2.24) is 15.1 Å². The molecule has 3 heteroatoms. The van der Waals surface area contributed by atoms with Crippen LogP contribution < -0.4 is 5.32 Å². The highest BCUT2D eigenvalue weighted by atomic mass is 15.2. The number of hydrogen-bond donors (Lipinski definition) is 1. The molecule has 3 nitrogen and oxygen atoms in total. The van der Waals surface area contributed by atoms with E-state index in [1.165, 1.54) is 84.5 Å². The quantitative estimate of drug-likeness (QED) is 0.778. The van der Waals surface area contributed by atoms with E-state index in [1.54, 1.807) is 0 Å². The molecule has 2 aliphatic heterocycles. The lowest BCUT2D eigenvalue weighted by molar-refractivity contribution is 0.164. The molecule has 0 spiro atoms. The maximum absolute atomic E-state index is 3.53. The minimum absolute atomic E-state index is 0.889. The number of likely N-dealkylation sites (tertiary alicyclic amines) is 1. The predicted molar refractivity (Wildman–Crippen MR) is 78.0 cm³/mol. The van der Waals surface area contributed by atoms with Crippen LogP contribution in [-0.4, -0.2) is 62.2 Å². The van der Waals surface area contributed by atoms with Crippen molar-refractivity contribution in [2.45, 2.75) is 39.0 Å². The van der Waals surface area contributed by atoms with Crippen molar-refractivity contribution in [3.63, 3.8) is 0 Å². The molecule has 1 atom stereocenters. The van der Waals surface area contributed by atoms with Crippen LogP contribution >= 0.6 is 0 Å². The lowest BCUT2D eigenvalue weighted by Gasteiger charge is -2.32. The Morgan fingerprint density at radius 1 is 1.17 bits per heavy atom. The van der Waals surface area contributed by atoms with Gasteiger partial charge in [0.15, 0.2) is 0 Å². The first kappa shape index (κ1) is 14.3. The van der Waals surface area contributed by atoms with Gasteiger partial charge in [0.05, 0.1) is 0 Å². The van der Waals surface area contributed by atoms with Crippen molar-refractivity contribution in [2.75, 3.05) is 52.4 Å². The zero-order chi connectivity index (χ0) is 12.6. The first-order valence-electron chi connectivity index (χ1n) is 8.04. The fourth-order valence-corrected chi connectivity index (χ4v) is 3.29. The minimum Gasteiger partial charge on any atom is -0.316 e.